The summed E-state index contributed by atoms with van der Waals surface area (Å²) >= 11 is 0. The molecule has 0 aliphatic carbocycles. The third kappa shape index (κ3) is 7.37. The number of benzene rings is 2. The van der Waals surface area contributed by atoms with Gasteiger partial charge in [-0.05, 0) is 24.3 Å². The summed E-state index contributed by atoms with van der Waals surface area (Å²) in [6.45, 7) is -0.698. The smallest absolute Gasteiger partial charge is 0.406 e. The number of sulfone groups is 1. The first-order chi connectivity index (χ1) is 17.4. The van der Waals surface area contributed by atoms with E-state index >= 15 is 0 Å². The van der Waals surface area contributed by atoms with Crippen LogP contribution in [0.4, 0.5) is 18.9 Å². The van der Waals surface area contributed by atoms with Gasteiger partial charge < -0.3 is 24.7 Å². The maximum atomic E-state index is 13.1. The third-order valence-electron chi connectivity index (χ3n) is 5.11. The van der Waals surface area contributed by atoms with E-state index in [4.69, 9.17) is 9.47 Å². The van der Waals surface area contributed by atoms with Crippen LogP contribution < -0.4 is 15.4 Å². The van der Waals surface area contributed by atoms with Crippen LogP contribution in [0.25, 0.3) is 11.0 Å². The summed E-state index contributed by atoms with van der Waals surface area (Å²) in [7, 11) is -0.538. The van der Waals surface area contributed by atoms with Crippen molar-refractivity contribution in [3.63, 3.8) is 0 Å². The molecule has 1 aromatic heterocycles. The minimum Gasteiger partial charge on any atom is -0.495 e. The van der Waals surface area contributed by atoms with Gasteiger partial charge in [-0.25, -0.2) is 13.4 Å². The molecule has 0 saturated carbocycles. The average Bonchev–Trinajstić information content (AvgIpc) is 3.21. The normalized spacial score (nSPS) is 11.6. The first-order valence-electron chi connectivity index (χ1n) is 10.9. The Balaban J connectivity index is 1.89. The molecule has 0 atom stereocenters. The van der Waals surface area contributed by atoms with Crippen LogP contribution in [0.5, 0.6) is 5.75 Å². The van der Waals surface area contributed by atoms with Gasteiger partial charge >= 0.3 is 6.18 Å². The highest BCUT2D eigenvalue weighted by Crippen LogP contribution is 2.28. The number of alkyl halides is 3. The molecule has 0 bridgehead atoms. The SMILES string of the molecule is COCCNC(=O)c1cc(C#CCNc2ccc(S(C)(=O)=O)cc2OC)cc2c1ncn2CC(F)(F)F. The van der Waals surface area contributed by atoms with Crippen molar-refractivity contribution in [3.05, 3.63) is 47.8 Å². The quantitative estimate of drug-likeness (QED) is 0.318. The van der Waals surface area contributed by atoms with Gasteiger partial charge in [-0.3, -0.25) is 4.79 Å². The molecule has 3 rings (SSSR count). The lowest BCUT2D eigenvalue weighted by Gasteiger charge is -2.11. The number of carbonyl (C=O) groups excluding carboxylic acids is 1. The third-order valence-corrected chi connectivity index (χ3v) is 6.22. The number of anilines is 1. The molecule has 0 aliphatic rings. The number of amides is 1. The second kappa shape index (κ2) is 11.5. The van der Waals surface area contributed by atoms with Gasteiger partial charge in [0.05, 0.1) is 48.3 Å². The highest BCUT2D eigenvalue weighted by Gasteiger charge is 2.29. The fourth-order valence-electron chi connectivity index (χ4n) is 3.42. The molecule has 13 heteroatoms. The molecular weight excluding hydrogens is 513 g/mol. The van der Waals surface area contributed by atoms with Crippen molar-refractivity contribution in [1.29, 1.82) is 0 Å². The number of ether oxygens (including phenoxy) is 2. The maximum absolute atomic E-state index is 13.1. The molecule has 1 amide bonds. The fraction of sp³-hybridized carbons (Fsp3) is 0.333. The lowest BCUT2D eigenvalue weighted by molar-refractivity contribution is -0.139. The fourth-order valence-corrected chi connectivity index (χ4v) is 4.06. The molecule has 0 fully saturated rings. The predicted octanol–water partition coefficient (Wildman–Crippen LogP) is 2.85. The Morgan fingerprint density at radius 1 is 1.19 bits per heavy atom. The summed E-state index contributed by atoms with van der Waals surface area (Å²) < 4.78 is 73.7. The molecule has 0 saturated heterocycles. The molecule has 1 heterocycles. The Bertz CT molecular complexity index is 1460. The van der Waals surface area contributed by atoms with Gasteiger partial charge in [-0.1, -0.05) is 11.8 Å². The van der Waals surface area contributed by atoms with Crippen molar-refractivity contribution >= 4 is 32.5 Å². The van der Waals surface area contributed by atoms with Crippen LogP contribution >= 0.6 is 0 Å². The molecule has 3 aromatic rings. The van der Waals surface area contributed by atoms with Crippen molar-refractivity contribution in [1.82, 2.24) is 14.9 Å². The van der Waals surface area contributed by atoms with Crippen molar-refractivity contribution in [2.45, 2.75) is 17.6 Å². The van der Waals surface area contributed by atoms with Crippen LogP contribution in [-0.2, 0) is 21.1 Å². The number of fused-ring (bicyclic) bond motifs is 1. The number of rotatable bonds is 9. The van der Waals surface area contributed by atoms with Gasteiger partial charge in [-0.2, -0.15) is 13.2 Å². The van der Waals surface area contributed by atoms with E-state index in [1.165, 1.54) is 38.5 Å². The van der Waals surface area contributed by atoms with Crippen molar-refractivity contribution in [3.8, 4) is 17.6 Å². The number of imidazole rings is 1. The summed E-state index contributed by atoms with van der Waals surface area (Å²) in [5.74, 6) is 5.48. The number of aromatic nitrogens is 2. The van der Waals surface area contributed by atoms with Crippen LogP contribution in [-0.4, -0.2) is 70.2 Å². The molecule has 0 aliphatic heterocycles. The standard InChI is InChI=1S/C24H25F3N4O5S/c1-35-10-9-29-23(32)18-11-16(12-20-22(18)30-15-31(20)14-24(25,26)27)5-4-8-28-19-7-6-17(37(3,33)34)13-21(19)36-2/h6-7,11-13,15,28H,8-10,14H2,1-3H3,(H,29,32). The Hall–Kier alpha value is -3.76. The van der Waals surface area contributed by atoms with E-state index in [0.717, 1.165) is 17.2 Å². The Morgan fingerprint density at radius 2 is 1.95 bits per heavy atom. The summed E-state index contributed by atoms with van der Waals surface area (Å²) in [6.07, 6.45) is -2.36. The van der Waals surface area contributed by atoms with Crippen LogP contribution in [0.15, 0.2) is 41.6 Å². The monoisotopic (exact) mass is 538 g/mol. The van der Waals surface area contributed by atoms with Crippen LogP contribution in [0, 0.1) is 11.8 Å². The second-order valence-electron chi connectivity index (χ2n) is 7.92. The van der Waals surface area contributed by atoms with E-state index < -0.39 is 28.5 Å². The first kappa shape index (κ1) is 27.8. The molecule has 0 radical (unpaired) electrons. The van der Waals surface area contributed by atoms with Crippen molar-refractivity contribution in [2.24, 2.45) is 0 Å². The zero-order valence-corrected chi connectivity index (χ0v) is 21.1. The van der Waals surface area contributed by atoms with Crippen molar-refractivity contribution < 1.29 is 35.9 Å². The number of halogens is 3. The Labute approximate surface area is 211 Å². The lowest BCUT2D eigenvalue weighted by Crippen LogP contribution is -2.27. The van der Waals surface area contributed by atoms with Gasteiger partial charge in [-0.15, -0.1) is 0 Å². The minimum atomic E-state index is -4.48. The number of hydrogen-bond donors (Lipinski definition) is 2. The Kier molecular flexibility index (Phi) is 8.67. The lowest BCUT2D eigenvalue weighted by atomic mass is 10.1. The molecular formula is C24H25F3N4O5S. The molecule has 198 valence electrons. The van der Waals surface area contributed by atoms with E-state index in [1.54, 1.807) is 6.07 Å². The van der Waals surface area contributed by atoms with E-state index in [1.807, 2.05) is 0 Å². The number of nitrogens with zero attached hydrogens (tertiary/aromatic N) is 2. The molecule has 2 aromatic carbocycles. The topological polar surface area (TPSA) is 112 Å². The molecule has 9 nitrogen and oxygen atoms in total. The van der Waals surface area contributed by atoms with E-state index in [0.29, 0.717) is 17.0 Å². The zero-order chi connectivity index (χ0) is 27.2. The van der Waals surface area contributed by atoms with Gasteiger partial charge in [0, 0.05) is 31.5 Å². The van der Waals surface area contributed by atoms with Crippen molar-refractivity contribution in [2.75, 3.05) is 45.5 Å². The molecule has 0 unspecified atom stereocenters. The summed E-state index contributed by atoms with van der Waals surface area (Å²) in [4.78, 5) is 16.8. The van der Waals surface area contributed by atoms with Gasteiger partial charge in [0.25, 0.3) is 5.91 Å². The van der Waals surface area contributed by atoms with Crippen LogP contribution in [0.3, 0.4) is 0 Å². The van der Waals surface area contributed by atoms with Crippen LogP contribution in [0.2, 0.25) is 0 Å². The van der Waals surface area contributed by atoms with Gasteiger partial charge in [0.2, 0.25) is 0 Å². The average molecular weight is 539 g/mol. The number of nitrogens with one attached hydrogen (secondary N) is 2. The summed E-state index contributed by atoms with van der Waals surface area (Å²) in [5, 5.41) is 5.65. The van der Waals surface area contributed by atoms with E-state index in [-0.39, 0.29) is 41.2 Å². The Morgan fingerprint density at radius 3 is 2.59 bits per heavy atom. The number of carbonyl (C=O) groups is 1. The van der Waals surface area contributed by atoms with Gasteiger partial charge in [0.1, 0.15) is 17.8 Å². The number of methoxy groups -OCH3 is 2. The highest BCUT2D eigenvalue weighted by atomic mass is 32.2. The summed E-state index contributed by atoms with van der Waals surface area (Å²) in [5.41, 5.74) is 1.14. The largest absolute Gasteiger partial charge is 0.495 e. The van der Waals surface area contributed by atoms with E-state index in [9.17, 15) is 26.4 Å². The first-order valence-corrected chi connectivity index (χ1v) is 12.8. The van der Waals surface area contributed by atoms with Crippen LogP contribution in [0.1, 0.15) is 15.9 Å². The zero-order valence-electron chi connectivity index (χ0n) is 20.3. The van der Waals surface area contributed by atoms with Gasteiger partial charge in [0.15, 0.2) is 9.84 Å². The number of hydrogen-bond acceptors (Lipinski definition) is 7. The molecule has 37 heavy (non-hydrogen) atoms. The predicted molar refractivity (Wildman–Crippen MR) is 131 cm³/mol. The van der Waals surface area contributed by atoms with E-state index in [2.05, 4.69) is 27.5 Å². The molecule has 0 spiro atoms. The minimum absolute atomic E-state index is 0.0878. The highest BCUT2D eigenvalue weighted by molar-refractivity contribution is 7.90. The maximum Gasteiger partial charge on any atom is 0.406 e. The summed E-state index contributed by atoms with van der Waals surface area (Å²) in [6, 6.07) is 7.26. The second-order valence-corrected chi connectivity index (χ2v) is 9.93. The molecule has 2 N–H and O–H groups in total.